The molecule has 4 rings (SSSR count). The molecule has 1 aliphatic rings. The summed E-state index contributed by atoms with van der Waals surface area (Å²) in [5.41, 5.74) is 3.42. The Kier molecular flexibility index (Phi) is 9.73. The van der Waals surface area contributed by atoms with Crippen molar-refractivity contribution < 1.29 is 33.1 Å². The molecule has 1 saturated carbocycles. The van der Waals surface area contributed by atoms with Crippen LogP contribution in [0.15, 0.2) is 36.4 Å². The second-order valence-electron chi connectivity index (χ2n) is 6.59. The fourth-order valence-corrected chi connectivity index (χ4v) is 2.60. The van der Waals surface area contributed by atoms with Gasteiger partial charge in [0, 0.05) is 12.1 Å². The number of aromatic nitrogens is 2. The molecular formula is C23H27LiN2O3-2. The van der Waals surface area contributed by atoms with Crippen LogP contribution in [0.25, 0.3) is 22.1 Å². The molecule has 0 atom stereocenters. The summed E-state index contributed by atoms with van der Waals surface area (Å²) in [5.74, 6) is 2.41. The first kappa shape index (κ1) is 23.5. The Morgan fingerprint density at radius 3 is 1.79 bits per heavy atom. The molecule has 29 heavy (non-hydrogen) atoms. The van der Waals surface area contributed by atoms with E-state index in [9.17, 15) is 0 Å². The van der Waals surface area contributed by atoms with E-state index < -0.39 is 0 Å². The summed E-state index contributed by atoms with van der Waals surface area (Å²) >= 11 is 0. The number of nitrogens with zero attached hydrogens (tertiary/aromatic N) is 2. The Bertz CT molecular complexity index is 898. The van der Waals surface area contributed by atoms with Gasteiger partial charge in [-0.15, -0.1) is 6.42 Å². The Morgan fingerprint density at radius 2 is 1.34 bits per heavy atom. The van der Waals surface area contributed by atoms with E-state index in [1.165, 1.54) is 12.8 Å². The molecule has 0 N–H and O–H groups in total. The third-order valence-corrected chi connectivity index (χ3v) is 4.26. The van der Waals surface area contributed by atoms with Crippen molar-refractivity contribution in [2.24, 2.45) is 5.92 Å². The molecule has 1 aromatic heterocycles. The average Bonchev–Trinajstić information content (AvgIpc) is 3.54. The number of hydrogen-bond acceptors (Lipinski definition) is 5. The minimum Gasteiger partial charge on any atom is -0.496 e. The van der Waals surface area contributed by atoms with Crippen molar-refractivity contribution in [1.82, 2.24) is 9.97 Å². The van der Waals surface area contributed by atoms with Crippen molar-refractivity contribution in [3.63, 3.8) is 0 Å². The van der Waals surface area contributed by atoms with Crippen LogP contribution in [0.5, 0.6) is 11.5 Å². The first-order valence-corrected chi connectivity index (χ1v) is 9.66. The molecule has 1 heterocycles. The smallest absolute Gasteiger partial charge is 0.496 e. The molecule has 0 radical (unpaired) electrons. The van der Waals surface area contributed by atoms with Crippen molar-refractivity contribution in [2.45, 2.75) is 19.3 Å². The predicted octanol–water partition coefficient (Wildman–Crippen LogP) is 1.85. The van der Waals surface area contributed by atoms with Gasteiger partial charge in [0.2, 0.25) is 0 Å². The van der Waals surface area contributed by atoms with Crippen LogP contribution in [0.2, 0.25) is 0 Å². The first-order chi connectivity index (χ1) is 13.7. The summed E-state index contributed by atoms with van der Waals surface area (Å²) in [6, 6.07) is 11.7. The average molecular weight is 386 g/mol. The van der Waals surface area contributed by atoms with Gasteiger partial charge in [0.05, 0.1) is 35.3 Å². The normalized spacial score (nSPS) is 12.8. The second-order valence-corrected chi connectivity index (χ2v) is 6.59. The summed E-state index contributed by atoms with van der Waals surface area (Å²) in [6.07, 6.45) is 3.32. The van der Waals surface area contributed by atoms with Crippen molar-refractivity contribution in [3.8, 4) is 11.5 Å². The number of hydrogen-bond donors (Lipinski definition) is 0. The number of rotatable bonds is 8. The second kappa shape index (κ2) is 12.0. The van der Waals surface area contributed by atoms with Gasteiger partial charge >= 0.3 is 18.9 Å². The minimum atomic E-state index is 0. The van der Waals surface area contributed by atoms with Crippen LogP contribution in [-0.4, -0.2) is 36.4 Å². The van der Waals surface area contributed by atoms with Crippen LogP contribution in [-0.2, 0) is 4.74 Å². The molecule has 0 spiro atoms. The molecule has 3 aromatic rings. The van der Waals surface area contributed by atoms with E-state index in [0.717, 1.165) is 52.5 Å². The monoisotopic (exact) mass is 386 g/mol. The molecule has 0 bridgehead atoms. The zero-order valence-corrected chi connectivity index (χ0v) is 17.2. The molecule has 150 valence electrons. The molecule has 1 aliphatic carbocycles. The van der Waals surface area contributed by atoms with Crippen LogP contribution >= 0.6 is 0 Å². The van der Waals surface area contributed by atoms with Gasteiger partial charge in [0.15, 0.2) is 0 Å². The van der Waals surface area contributed by atoms with Crippen LogP contribution in [0.1, 0.15) is 19.3 Å². The summed E-state index contributed by atoms with van der Waals surface area (Å²) in [6.45, 7) is 13.1. The number of fused-ring (bicyclic) bond motifs is 2. The fourth-order valence-electron chi connectivity index (χ4n) is 2.60. The molecular weight excluding hydrogens is 359 g/mol. The van der Waals surface area contributed by atoms with E-state index in [0.29, 0.717) is 19.8 Å². The van der Waals surface area contributed by atoms with Crippen LogP contribution < -0.4 is 28.3 Å². The van der Waals surface area contributed by atoms with Gasteiger partial charge in [-0.05, 0) is 43.0 Å². The van der Waals surface area contributed by atoms with Crippen molar-refractivity contribution in [2.75, 3.05) is 26.4 Å². The van der Waals surface area contributed by atoms with E-state index in [-0.39, 0.29) is 18.9 Å². The molecule has 1 fully saturated rings. The van der Waals surface area contributed by atoms with Crippen molar-refractivity contribution >= 4 is 22.1 Å². The number of benzene rings is 2. The van der Waals surface area contributed by atoms with Gasteiger partial charge < -0.3 is 35.0 Å². The molecule has 0 saturated heterocycles. The molecule has 0 aliphatic heterocycles. The zero-order valence-electron chi connectivity index (χ0n) is 17.2. The molecule has 5 nitrogen and oxygen atoms in total. The van der Waals surface area contributed by atoms with Gasteiger partial charge in [0.25, 0.3) is 0 Å². The van der Waals surface area contributed by atoms with Crippen LogP contribution in [0.3, 0.4) is 0 Å². The van der Waals surface area contributed by atoms with E-state index >= 15 is 0 Å². The third-order valence-electron chi connectivity index (χ3n) is 4.26. The number of ether oxygens (including phenoxy) is 3. The fraction of sp³-hybridized carbons (Fsp3) is 0.348. The zero-order chi connectivity index (χ0) is 19.8. The van der Waals surface area contributed by atoms with E-state index in [1.54, 1.807) is 0 Å². The Labute approximate surface area is 185 Å². The Balaban J connectivity index is 0.000000450. The first-order valence-electron chi connectivity index (χ1n) is 9.66. The minimum absolute atomic E-state index is 0. The molecule has 0 amide bonds. The Morgan fingerprint density at radius 1 is 0.793 bits per heavy atom. The van der Waals surface area contributed by atoms with Gasteiger partial charge in [-0.3, -0.25) is 0 Å². The van der Waals surface area contributed by atoms with E-state index in [2.05, 4.69) is 30.5 Å². The topological polar surface area (TPSA) is 53.5 Å². The van der Waals surface area contributed by atoms with Crippen LogP contribution in [0, 0.1) is 26.7 Å². The van der Waals surface area contributed by atoms with E-state index in [4.69, 9.17) is 14.5 Å². The van der Waals surface area contributed by atoms with Gasteiger partial charge in [0.1, 0.15) is 11.5 Å². The predicted molar refractivity (Wildman–Crippen MR) is 112 cm³/mol. The standard InChI is InChI=1S/C19H19N2O2.C4H8O.Li/c1-2-9-22-14-5-7-16-18(10-14)20-17-8-6-15(11-19(17)21-16)23-12-13-3-4-13;1-3-5-4-2;/h5-8,10-11,13H,1-4,9,12H2;1-4H2;/q-1;-2;+1. The molecule has 2 aromatic carbocycles. The van der Waals surface area contributed by atoms with Gasteiger partial charge in [-0.25, -0.2) is 9.97 Å². The summed E-state index contributed by atoms with van der Waals surface area (Å²) in [4.78, 5) is 9.37. The van der Waals surface area contributed by atoms with Gasteiger partial charge in [-0.1, -0.05) is 13.2 Å². The van der Waals surface area contributed by atoms with Crippen LogP contribution in [0.4, 0.5) is 0 Å². The molecule has 0 unspecified atom stereocenters. The summed E-state index contributed by atoms with van der Waals surface area (Å²) in [7, 11) is 0. The summed E-state index contributed by atoms with van der Waals surface area (Å²) in [5, 5.41) is 0. The van der Waals surface area contributed by atoms with Crippen molar-refractivity contribution in [3.05, 3.63) is 57.2 Å². The maximum absolute atomic E-state index is 5.82. The third kappa shape index (κ3) is 7.19. The summed E-state index contributed by atoms with van der Waals surface area (Å²) < 4.78 is 16.0. The van der Waals surface area contributed by atoms with Crippen molar-refractivity contribution in [1.29, 1.82) is 0 Å². The maximum atomic E-state index is 5.82. The SMILES string of the molecule is [CH2-]CCOc1ccc2nc3cc(OCC4CC4)ccc3nc2c1.[CH2-]COC[CH2-].[Li+]. The maximum Gasteiger partial charge on any atom is 1.00 e. The molecule has 6 heteroatoms. The Hall–Kier alpha value is -1.80. The van der Waals surface area contributed by atoms with Gasteiger partial charge in [-0.2, -0.15) is 0 Å². The quantitative estimate of drug-likeness (QED) is 0.336. The largest absolute Gasteiger partial charge is 1.00 e. The van der Waals surface area contributed by atoms with E-state index in [1.807, 2.05) is 36.4 Å².